The highest BCUT2D eigenvalue weighted by Crippen LogP contribution is 2.41. The van der Waals surface area contributed by atoms with Gasteiger partial charge in [0.1, 0.15) is 12.2 Å². The van der Waals surface area contributed by atoms with E-state index in [9.17, 15) is 13.2 Å². The van der Waals surface area contributed by atoms with Crippen molar-refractivity contribution in [1.29, 1.82) is 0 Å². The van der Waals surface area contributed by atoms with E-state index in [2.05, 4.69) is 0 Å². The lowest BCUT2D eigenvalue weighted by molar-refractivity contribution is -0.138. The summed E-state index contributed by atoms with van der Waals surface area (Å²) < 4.78 is 36.9. The number of hydrogen-bond acceptors (Lipinski definition) is 5. The molecule has 1 atom stereocenters. The number of likely N-dealkylation sites (N-methyl/N-ethyl adjacent to an activating group) is 1. The Labute approximate surface area is 132 Å². The summed E-state index contributed by atoms with van der Waals surface area (Å²) in [7, 11) is 0.224. The third kappa shape index (κ3) is 3.61. The average Bonchev–Trinajstić information content (AvgIpc) is 2.80. The summed E-state index contributed by atoms with van der Waals surface area (Å²) in [5.41, 5.74) is -0.415. The number of carbonyl (C=O) groups excluding carboxylic acids is 1. The molecule has 22 heavy (non-hydrogen) atoms. The summed E-state index contributed by atoms with van der Waals surface area (Å²) >= 11 is 0. The zero-order chi connectivity index (χ0) is 16.4. The van der Waals surface area contributed by atoms with Crippen LogP contribution < -0.4 is 0 Å². The maximum Gasteiger partial charge on any atom is 0.248 e. The fourth-order valence-electron chi connectivity index (χ4n) is 2.92. The zero-order valence-corrected chi connectivity index (χ0v) is 14.4. The van der Waals surface area contributed by atoms with Gasteiger partial charge in [-0.15, -0.1) is 0 Å². The van der Waals surface area contributed by atoms with Gasteiger partial charge in [0, 0.05) is 39.7 Å². The van der Waals surface area contributed by atoms with Gasteiger partial charge >= 0.3 is 0 Å². The summed E-state index contributed by atoms with van der Waals surface area (Å²) in [6.45, 7) is 3.78. The number of rotatable bonds is 7. The van der Waals surface area contributed by atoms with Gasteiger partial charge in [0.2, 0.25) is 15.9 Å². The number of amides is 1. The predicted molar refractivity (Wildman–Crippen MR) is 82.0 cm³/mol. The molecule has 1 spiro atoms. The lowest BCUT2D eigenvalue weighted by atomic mass is 9.83. The number of sulfonamides is 1. The Morgan fingerprint density at radius 2 is 2.09 bits per heavy atom. The van der Waals surface area contributed by atoms with E-state index in [1.807, 2.05) is 6.92 Å². The number of ether oxygens (including phenoxy) is 2. The van der Waals surface area contributed by atoms with Crippen LogP contribution in [0.5, 0.6) is 0 Å². The highest BCUT2D eigenvalue weighted by molar-refractivity contribution is 7.89. The molecular weight excluding hydrogens is 308 g/mol. The molecule has 2 aliphatic heterocycles. The van der Waals surface area contributed by atoms with Crippen LogP contribution in [0.3, 0.4) is 0 Å². The SMILES string of the molecule is CCCS(=O)(=O)N1CC2(C1)OCC[C@H]2COCC(=O)N(C)C. The molecule has 0 aromatic rings. The first kappa shape index (κ1) is 17.7. The summed E-state index contributed by atoms with van der Waals surface area (Å²) in [5.74, 6) is 0.256. The molecule has 0 saturated carbocycles. The lowest BCUT2D eigenvalue weighted by Gasteiger charge is -2.49. The van der Waals surface area contributed by atoms with Crippen molar-refractivity contribution >= 4 is 15.9 Å². The molecule has 7 nitrogen and oxygen atoms in total. The molecule has 0 aliphatic carbocycles. The summed E-state index contributed by atoms with van der Waals surface area (Å²) in [6.07, 6.45) is 1.46. The van der Waals surface area contributed by atoms with Gasteiger partial charge in [-0.05, 0) is 12.8 Å². The number of carbonyl (C=O) groups is 1. The maximum atomic E-state index is 12.0. The molecule has 2 fully saturated rings. The molecule has 0 N–H and O–H groups in total. The molecule has 0 bridgehead atoms. The van der Waals surface area contributed by atoms with Gasteiger partial charge in [0.25, 0.3) is 0 Å². The van der Waals surface area contributed by atoms with E-state index < -0.39 is 15.6 Å². The van der Waals surface area contributed by atoms with Crippen molar-refractivity contribution < 1.29 is 22.7 Å². The number of hydrogen-bond donors (Lipinski definition) is 0. The van der Waals surface area contributed by atoms with Crippen molar-refractivity contribution in [3.63, 3.8) is 0 Å². The number of nitrogens with zero attached hydrogens (tertiary/aromatic N) is 2. The van der Waals surface area contributed by atoms with Crippen LogP contribution >= 0.6 is 0 Å². The van der Waals surface area contributed by atoms with Crippen molar-refractivity contribution in [2.45, 2.75) is 25.4 Å². The average molecular weight is 334 g/mol. The van der Waals surface area contributed by atoms with Gasteiger partial charge in [-0.2, -0.15) is 4.31 Å². The van der Waals surface area contributed by atoms with Gasteiger partial charge in [0.05, 0.1) is 12.4 Å². The Hall–Kier alpha value is -0.700. The fraction of sp³-hybridized carbons (Fsp3) is 0.929. The minimum atomic E-state index is -3.15. The van der Waals surface area contributed by atoms with Crippen LogP contribution in [0, 0.1) is 5.92 Å². The van der Waals surface area contributed by atoms with Crippen LogP contribution in [0.2, 0.25) is 0 Å². The minimum absolute atomic E-state index is 0.0530. The first-order valence-corrected chi connectivity index (χ1v) is 9.31. The monoisotopic (exact) mass is 334 g/mol. The van der Waals surface area contributed by atoms with Crippen molar-refractivity contribution in [2.75, 3.05) is 52.8 Å². The van der Waals surface area contributed by atoms with Crippen LogP contribution in [-0.2, 0) is 24.3 Å². The highest BCUT2D eigenvalue weighted by atomic mass is 32.2. The van der Waals surface area contributed by atoms with E-state index in [1.165, 1.54) is 9.21 Å². The molecule has 2 rings (SSSR count). The normalized spacial score (nSPS) is 24.4. The summed E-state index contributed by atoms with van der Waals surface area (Å²) in [4.78, 5) is 13.0. The Morgan fingerprint density at radius 3 is 2.68 bits per heavy atom. The molecule has 2 saturated heterocycles. The van der Waals surface area contributed by atoms with E-state index in [4.69, 9.17) is 9.47 Å². The third-order valence-corrected chi connectivity index (χ3v) is 6.36. The second-order valence-corrected chi connectivity index (χ2v) is 8.37. The Bertz CT molecular complexity index is 499. The third-order valence-electron chi connectivity index (χ3n) is 4.39. The quantitative estimate of drug-likeness (QED) is 0.651. The van der Waals surface area contributed by atoms with E-state index in [-0.39, 0.29) is 24.2 Å². The largest absolute Gasteiger partial charge is 0.372 e. The van der Waals surface area contributed by atoms with E-state index in [1.54, 1.807) is 14.1 Å². The summed E-state index contributed by atoms with van der Waals surface area (Å²) in [6, 6.07) is 0. The Kier molecular flexibility index (Phi) is 5.47. The first-order valence-electron chi connectivity index (χ1n) is 7.70. The van der Waals surface area contributed by atoms with Gasteiger partial charge < -0.3 is 14.4 Å². The molecular formula is C14H26N2O5S. The molecule has 1 amide bonds. The lowest BCUT2D eigenvalue weighted by Crippen LogP contribution is -2.66. The standard InChI is InChI=1S/C14H26N2O5S/c1-4-7-22(18,19)16-10-14(11-16)12(5-6-21-14)8-20-9-13(17)15(2)3/h12H,4-11H2,1-3H3/t12-/m0/s1. The topological polar surface area (TPSA) is 76.1 Å². The molecule has 8 heteroatoms. The Balaban J connectivity index is 1.84. The van der Waals surface area contributed by atoms with Crippen LogP contribution in [0.4, 0.5) is 0 Å². The minimum Gasteiger partial charge on any atom is -0.372 e. The van der Waals surface area contributed by atoms with E-state index in [0.29, 0.717) is 32.7 Å². The van der Waals surface area contributed by atoms with Crippen LogP contribution in [0.25, 0.3) is 0 Å². The highest BCUT2D eigenvalue weighted by Gasteiger charge is 2.56. The second-order valence-electron chi connectivity index (χ2n) is 6.29. The molecule has 2 aliphatic rings. The van der Waals surface area contributed by atoms with Gasteiger partial charge in [-0.1, -0.05) is 6.92 Å². The van der Waals surface area contributed by atoms with Crippen molar-refractivity contribution in [1.82, 2.24) is 9.21 Å². The van der Waals surface area contributed by atoms with E-state index in [0.717, 1.165) is 6.42 Å². The molecule has 128 valence electrons. The zero-order valence-electron chi connectivity index (χ0n) is 13.6. The molecule has 0 aromatic carbocycles. The smallest absolute Gasteiger partial charge is 0.248 e. The molecule has 0 aromatic heterocycles. The van der Waals surface area contributed by atoms with Crippen molar-refractivity contribution in [2.24, 2.45) is 5.92 Å². The molecule has 2 heterocycles. The van der Waals surface area contributed by atoms with Gasteiger partial charge in [-0.3, -0.25) is 4.79 Å². The second kappa shape index (κ2) is 6.82. The van der Waals surface area contributed by atoms with Crippen molar-refractivity contribution in [3.8, 4) is 0 Å². The van der Waals surface area contributed by atoms with Crippen LogP contribution in [0.1, 0.15) is 19.8 Å². The van der Waals surface area contributed by atoms with Gasteiger partial charge in [-0.25, -0.2) is 8.42 Å². The van der Waals surface area contributed by atoms with Crippen LogP contribution in [-0.4, -0.2) is 81.9 Å². The first-order chi connectivity index (χ1) is 10.3. The molecule has 0 radical (unpaired) electrons. The molecule has 0 unspecified atom stereocenters. The fourth-order valence-corrected chi connectivity index (χ4v) is 4.53. The Morgan fingerprint density at radius 1 is 1.41 bits per heavy atom. The van der Waals surface area contributed by atoms with Crippen molar-refractivity contribution in [3.05, 3.63) is 0 Å². The summed E-state index contributed by atoms with van der Waals surface area (Å²) in [5, 5.41) is 0. The van der Waals surface area contributed by atoms with Crippen LogP contribution in [0.15, 0.2) is 0 Å². The van der Waals surface area contributed by atoms with Gasteiger partial charge in [0.15, 0.2) is 0 Å². The van der Waals surface area contributed by atoms with E-state index >= 15 is 0 Å². The maximum absolute atomic E-state index is 12.0. The predicted octanol–water partition coefficient (Wildman–Crippen LogP) is -0.0781.